The average molecular weight is 846 g/mol. The van der Waals surface area contributed by atoms with E-state index < -0.39 is 80.9 Å². The molecule has 4 aromatic rings. The Labute approximate surface area is 330 Å². The van der Waals surface area contributed by atoms with Gasteiger partial charge in [-0.2, -0.15) is 16.8 Å². The molecule has 3 N–H and O–H groups in total. The van der Waals surface area contributed by atoms with Gasteiger partial charge in [-0.3, -0.25) is 13.9 Å². The van der Waals surface area contributed by atoms with Gasteiger partial charge >= 0.3 is 5.97 Å². The number of thioether (sulfide) groups is 1. The van der Waals surface area contributed by atoms with Crippen LogP contribution in [0.4, 0.5) is 23.2 Å². The van der Waals surface area contributed by atoms with Crippen LogP contribution in [0.5, 0.6) is 0 Å². The molecule has 300 valence electrons. The number of carbonyl (C=O) groups is 1. The summed E-state index contributed by atoms with van der Waals surface area (Å²) in [5.41, 5.74) is 3.22. The van der Waals surface area contributed by atoms with Crippen LogP contribution in [0, 0.1) is 23.3 Å². The van der Waals surface area contributed by atoms with Gasteiger partial charge < -0.3 is 10.0 Å². The summed E-state index contributed by atoms with van der Waals surface area (Å²) in [5.74, 6) is -8.93. The molecule has 0 saturated heterocycles. The molecule has 0 atom stereocenters. The van der Waals surface area contributed by atoms with Gasteiger partial charge in [0, 0.05) is 53.7 Å². The lowest BCUT2D eigenvalue weighted by Crippen LogP contribution is -2.49. The molecule has 4 aromatic carbocycles. The lowest BCUT2D eigenvalue weighted by atomic mass is 9.65. The molecule has 0 unspecified atom stereocenters. The largest absolute Gasteiger partial charge is 0.481 e. The summed E-state index contributed by atoms with van der Waals surface area (Å²) in [6.45, 7) is 5.91. The quantitative estimate of drug-likeness (QED) is 0.0716. The summed E-state index contributed by atoms with van der Waals surface area (Å²) in [6, 6.07) is 8.39. The zero-order chi connectivity index (χ0) is 40.9. The molecule has 0 fully saturated rings. The number of halogens is 4. The van der Waals surface area contributed by atoms with Crippen LogP contribution < -0.4 is 20.1 Å². The van der Waals surface area contributed by atoms with Crippen molar-refractivity contribution in [2.75, 3.05) is 30.3 Å². The van der Waals surface area contributed by atoms with Crippen molar-refractivity contribution in [2.24, 2.45) is 0 Å². The van der Waals surface area contributed by atoms with Crippen molar-refractivity contribution in [2.45, 2.75) is 79.0 Å². The van der Waals surface area contributed by atoms with Crippen LogP contribution in [-0.4, -0.2) is 62.4 Å². The lowest BCUT2D eigenvalue weighted by molar-refractivity contribution is -0.133. The first-order valence-corrected chi connectivity index (χ1v) is 22.2. The van der Waals surface area contributed by atoms with Crippen LogP contribution in [0.2, 0.25) is 0 Å². The molecule has 0 spiro atoms. The molecule has 0 radical (unpaired) electrons. The zero-order valence-electron chi connectivity index (χ0n) is 30.8. The Hall–Kier alpha value is -4.29. The molecule has 0 amide bonds. The molecule has 17 heteroatoms. The molecular formula is C40H37F4N2O8S3+. The fraction of sp³-hybridized carbons (Fsp3) is 0.350. The average Bonchev–Trinajstić information content (AvgIpc) is 3.14. The van der Waals surface area contributed by atoms with E-state index in [4.69, 9.17) is 5.11 Å². The van der Waals surface area contributed by atoms with Crippen molar-refractivity contribution in [1.82, 2.24) is 4.58 Å². The highest BCUT2D eigenvalue weighted by Crippen LogP contribution is 2.47. The molecule has 10 nitrogen and oxygen atoms in total. The maximum absolute atomic E-state index is 16.6. The van der Waals surface area contributed by atoms with E-state index in [-0.39, 0.29) is 29.4 Å². The monoisotopic (exact) mass is 845 g/mol. The van der Waals surface area contributed by atoms with Gasteiger partial charge in [-0.25, -0.2) is 22.1 Å². The van der Waals surface area contributed by atoms with E-state index in [1.165, 1.54) is 6.07 Å². The minimum Gasteiger partial charge on any atom is -0.481 e. The first-order chi connectivity index (χ1) is 26.8. The van der Waals surface area contributed by atoms with Crippen molar-refractivity contribution in [3.8, 4) is 0 Å². The lowest BCUT2D eigenvalue weighted by Gasteiger charge is -2.40. The van der Waals surface area contributed by atoms with Crippen LogP contribution in [0.25, 0.3) is 5.57 Å². The summed E-state index contributed by atoms with van der Waals surface area (Å²) >= 11 is 0.147. The van der Waals surface area contributed by atoms with Crippen molar-refractivity contribution in [3.63, 3.8) is 0 Å². The predicted molar refractivity (Wildman–Crippen MR) is 204 cm³/mol. The fourth-order valence-corrected chi connectivity index (χ4v) is 11.3. The van der Waals surface area contributed by atoms with Crippen LogP contribution in [0.1, 0.15) is 77.6 Å². The number of aliphatic carboxylic acids is 1. The van der Waals surface area contributed by atoms with E-state index in [1.807, 2.05) is 30.9 Å². The number of nitrogens with zero attached hydrogens (tertiary/aromatic N) is 2. The van der Waals surface area contributed by atoms with E-state index in [9.17, 15) is 30.7 Å². The fourth-order valence-electron chi connectivity index (χ4n) is 9.28. The van der Waals surface area contributed by atoms with E-state index in [0.717, 1.165) is 54.0 Å². The number of aryl methyl sites for hydroxylation is 2. The highest BCUT2D eigenvalue weighted by Gasteiger charge is 2.42. The Bertz CT molecular complexity index is 2790. The molecular weight excluding hydrogens is 809 g/mol. The Kier molecular flexibility index (Phi) is 9.66. The Morgan fingerprint density at radius 2 is 1.53 bits per heavy atom. The molecule has 0 aromatic heterocycles. The molecule has 3 heterocycles. The summed E-state index contributed by atoms with van der Waals surface area (Å²) < 4.78 is 136. The van der Waals surface area contributed by atoms with Crippen molar-refractivity contribution in [1.29, 1.82) is 0 Å². The second-order valence-corrected chi connectivity index (χ2v) is 19.2. The zero-order valence-corrected chi connectivity index (χ0v) is 33.2. The summed E-state index contributed by atoms with van der Waals surface area (Å²) in [6.07, 6.45) is 4.01. The van der Waals surface area contributed by atoms with Crippen LogP contribution in [-0.2, 0) is 56.3 Å². The molecule has 0 bridgehead atoms. The third-order valence-corrected chi connectivity index (χ3v) is 14.4. The van der Waals surface area contributed by atoms with Gasteiger partial charge in [0.15, 0.2) is 23.3 Å². The first-order valence-electron chi connectivity index (χ1n) is 18.3. The minimum atomic E-state index is -4.96. The number of rotatable bonds is 8. The van der Waals surface area contributed by atoms with Crippen LogP contribution >= 0.6 is 11.8 Å². The smallest absolute Gasteiger partial charge is 0.313 e. The maximum atomic E-state index is 16.6. The number of hydrogen-bond donors (Lipinski definition) is 3. The van der Waals surface area contributed by atoms with E-state index in [0.29, 0.717) is 65.9 Å². The second kappa shape index (κ2) is 13.9. The summed E-state index contributed by atoms with van der Waals surface area (Å²) in [7, 11) is -9.77. The van der Waals surface area contributed by atoms with Gasteiger partial charge in [0.1, 0.15) is 18.0 Å². The Morgan fingerprint density at radius 1 is 0.860 bits per heavy atom. The highest BCUT2D eigenvalue weighted by molar-refractivity contribution is 8.00. The maximum Gasteiger partial charge on any atom is 0.313 e. The normalized spacial score (nSPS) is 17.2. The summed E-state index contributed by atoms with van der Waals surface area (Å²) in [4.78, 5) is 10.6. The van der Waals surface area contributed by atoms with E-state index in [2.05, 4.69) is 4.58 Å². The Balaban J connectivity index is 1.40. The molecule has 57 heavy (non-hydrogen) atoms. The topological polar surface area (TPSA) is 152 Å². The van der Waals surface area contributed by atoms with Gasteiger partial charge in [-0.1, -0.05) is 19.9 Å². The second-order valence-electron chi connectivity index (χ2n) is 15.4. The SMILES string of the molecule is CC1(C)c2cc3c(cc2C(c2c(F)c(F)c(SCC(=O)O)c(F)c2F)=c2cc4c5c(c21)CCC[N+]=5CCC4)CCCN3Cc1ccc(S(=O)(=O)O)cc1S(=O)(=O)O. The highest BCUT2D eigenvalue weighted by atomic mass is 32.2. The third kappa shape index (κ3) is 6.55. The number of carboxylic acid groups (broad SMARTS) is 1. The number of fused-ring (bicyclic) bond motifs is 4. The van der Waals surface area contributed by atoms with Gasteiger partial charge in [0.2, 0.25) is 5.36 Å². The van der Waals surface area contributed by atoms with Gasteiger partial charge in [-0.15, -0.1) is 11.8 Å². The van der Waals surface area contributed by atoms with Gasteiger partial charge in [0.25, 0.3) is 20.2 Å². The van der Waals surface area contributed by atoms with Gasteiger partial charge in [-0.05, 0) is 89.1 Å². The van der Waals surface area contributed by atoms with Gasteiger partial charge in [0.05, 0.1) is 21.1 Å². The summed E-state index contributed by atoms with van der Waals surface area (Å²) in [5, 5.41) is 10.7. The predicted octanol–water partition coefficient (Wildman–Crippen LogP) is 5.14. The standard InChI is InChI=1S/C40H36F4N2O8S3/c1-40(2)27-17-28-20(6-3-13-46(28)18-22-9-10-23(56(49,50)51)16-29(22)57(52,53)54)14-25(27)31(32-34(41)36(43)39(37(44)35(32)42)55-19-30(47)48)26-15-21-7-4-11-45-12-5-8-24(33(26)40)38(21)45/h9-10,14-17H,3-8,11-13,18-19H2,1-2H3,(H2-,47,48,49,50,51,52,53,54)/p+1. The molecule has 1 aliphatic carbocycles. The first kappa shape index (κ1) is 39.5. The number of anilines is 1. The Morgan fingerprint density at radius 3 is 2.18 bits per heavy atom. The number of carboxylic acids is 1. The minimum absolute atomic E-state index is 0.0296. The molecule has 3 aliphatic heterocycles. The number of hydrogen-bond acceptors (Lipinski definition) is 7. The number of benzene rings is 4. The van der Waals surface area contributed by atoms with E-state index in [1.54, 1.807) is 6.07 Å². The van der Waals surface area contributed by atoms with Crippen molar-refractivity contribution < 1.29 is 53.4 Å². The van der Waals surface area contributed by atoms with Crippen molar-refractivity contribution >= 4 is 49.2 Å². The molecule has 0 saturated carbocycles. The molecule has 8 rings (SSSR count). The molecule has 4 aliphatic rings. The van der Waals surface area contributed by atoms with E-state index >= 15 is 17.6 Å². The van der Waals surface area contributed by atoms with Crippen LogP contribution in [0.3, 0.4) is 0 Å². The van der Waals surface area contributed by atoms with Crippen molar-refractivity contribution in [3.05, 3.63) is 115 Å². The third-order valence-electron chi connectivity index (χ3n) is 11.6. The van der Waals surface area contributed by atoms with Crippen LogP contribution in [0.15, 0.2) is 51.1 Å².